The fraction of sp³-hybridized carbons (Fsp3) is 0.619. The molecule has 0 saturated heterocycles. The summed E-state index contributed by atoms with van der Waals surface area (Å²) in [4.78, 5) is 0. The molecule has 3 unspecified atom stereocenters. The van der Waals surface area contributed by atoms with Gasteiger partial charge in [0.1, 0.15) is 0 Å². The van der Waals surface area contributed by atoms with Gasteiger partial charge in [-0.3, -0.25) is 0 Å². The van der Waals surface area contributed by atoms with Gasteiger partial charge in [-0.15, -0.1) is 0 Å². The summed E-state index contributed by atoms with van der Waals surface area (Å²) in [7, 11) is 10.5. The normalized spacial score (nSPS) is 22.5. The monoisotopic (exact) mass is 381 g/mol. The Kier molecular flexibility index (Phi) is 27.6. The molecule has 0 amide bonds. The predicted octanol–water partition coefficient (Wildman–Crippen LogP) is 6.47. The standard InChI is InChI=1S/C9H11.C6H10.3C2H6N.Ti/c1-2-5-9-7-3-6-8(9)4-1;1-4-6(3)5-2;3*1-3-2;/h1-2,4-6,8-9H,3,7H2;4-5H,1H2,2-3H3;3*1-2H3;/q;;3*-1;+3. The van der Waals surface area contributed by atoms with Gasteiger partial charge in [-0.2, -0.15) is 42.3 Å². The van der Waals surface area contributed by atoms with Crippen molar-refractivity contribution in [3.05, 3.63) is 64.6 Å². The van der Waals surface area contributed by atoms with Crippen molar-refractivity contribution in [3.63, 3.8) is 0 Å². The molecule has 1 saturated carbocycles. The Labute approximate surface area is 169 Å². The van der Waals surface area contributed by atoms with Crippen LogP contribution in [0.2, 0.25) is 4.22 Å². The Balaban J connectivity index is -0.000000279. The van der Waals surface area contributed by atoms with Gasteiger partial charge in [-0.1, -0.05) is 24.3 Å². The van der Waals surface area contributed by atoms with Crippen LogP contribution in [0.3, 0.4) is 0 Å². The first-order valence-corrected chi connectivity index (χ1v) is 9.59. The molecule has 0 aromatic carbocycles. The molecule has 2 rings (SSSR count). The Bertz CT molecular complexity index is 357. The third-order valence-corrected chi connectivity index (χ3v) is 4.40. The van der Waals surface area contributed by atoms with Crippen molar-refractivity contribution < 1.29 is 20.4 Å². The third-order valence-electron chi connectivity index (χ3n) is 3.35. The van der Waals surface area contributed by atoms with E-state index in [1.54, 1.807) is 42.3 Å². The summed E-state index contributed by atoms with van der Waals surface area (Å²) in [5.74, 6) is 1.74. The Morgan fingerprint density at radius 1 is 0.960 bits per heavy atom. The van der Waals surface area contributed by atoms with Gasteiger partial charge in [0.05, 0.1) is 0 Å². The fourth-order valence-corrected chi connectivity index (χ4v) is 2.89. The van der Waals surface area contributed by atoms with Crippen LogP contribution >= 0.6 is 0 Å². The molecule has 1 fully saturated rings. The second-order valence-corrected chi connectivity index (χ2v) is 6.93. The molecule has 0 spiro atoms. The minimum atomic E-state index is 0.866. The molecule has 4 heteroatoms. The molecule has 2 aliphatic carbocycles. The molecule has 3 nitrogen and oxygen atoms in total. The van der Waals surface area contributed by atoms with Crippen LogP contribution in [0.4, 0.5) is 0 Å². The summed E-state index contributed by atoms with van der Waals surface area (Å²) in [5.41, 5.74) is 1.23. The molecular weight excluding hydrogens is 342 g/mol. The van der Waals surface area contributed by atoms with Crippen LogP contribution in [0.25, 0.3) is 16.0 Å². The van der Waals surface area contributed by atoms with E-state index in [2.05, 4.69) is 67.3 Å². The van der Waals surface area contributed by atoms with Crippen molar-refractivity contribution in [2.24, 2.45) is 11.8 Å². The van der Waals surface area contributed by atoms with Crippen molar-refractivity contribution in [1.82, 2.24) is 0 Å². The average molecular weight is 381 g/mol. The number of nitrogens with zero attached hydrogens (tertiary/aromatic N) is 3. The van der Waals surface area contributed by atoms with Gasteiger partial charge in [0, 0.05) is 0 Å². The molecule has 0 aromatic heterocycles. The summed E-state index contributed by atoms with van der Waals surface area (Å²) >= 11 is 2.37. The quantitative estimate of drug-likeness (QED) is 0.369. The molecule has 0 aliphatic heterocycles. The molecule has 3 atom stereocenters. The van der Waals surface area contributed by atoms with Gasteiger partial charge >= 0.3 is 73.6 Å². The molecule has 0 radical (unpaired) electrons. The second-order valence-electron chi connectivity index (χ2n) is 5.77. The van der Waals surface area contributed by atoms with Crippen LogP contribution in [-0.4, -0.2) is 42.3 Å². The fourth-order valence-electron chi connectivity index (χ4n) is 2.07. The van der Waals surface area contributed by atoms with Gasteiger partial charge in [0.15, 0.2) is 0 Å². The summed E-state index contributed by atoms with van der Waals surface area (Å²) in [6.07, 6.45) is 15.8. The van der Waals surface area contributed by atoms with Gasteiger partial charge < -0.3 is 16.0 Å². The van der Waals surface area contributed by atoms with E-state index in [1.165, 1.54) is 18.4 Å². The van der Waals surface area contributed by atoms with E-state index in [-0.39, 0.29) is 0 Å². The zero-order valence-electron chi connectivity index (χ0n) is 17.7. The number of rotatable bonds is 1. The summed E-state index contributed by atoms with van der Waals surface area (Å²) in [6, 6.07) is 0. The molecule has 142 valence electrons. The molecule has 2 aliphatic rings. The molecule has 0 heterocycles. The first kappa shape index (κ1) is 29.3. The molecule has 0 bridgehead atoms. The van der Waals surface area contributed by atoms with E-state index >= 15 is 0 Å². The van der Waals surface area contributed by atoms with E-state index in [0.29, 0.717) is 0 Å². The maximum absolute atomic E-state index is 3.56. The van der Waals surface area contributed by atoms with Crippen LogP contribution in [0.15, 0.2) is 48.6 Å². The van der Waals surface area contributed by atoms with E-state index in [0.717, 1.165) is 16.1 Å². The first-order chi connectivity index (χ1) is 11.9. The average Bonchev–Trinajstić information content (AvgIpc) is 2.98. The number of allylic oxidation sites excluding steroid dienone is 7. The SMILES string of the molecule is C=CC(C)=CC.C[N-]C.C[N-]C.C[N-]C.[Ti+3][CH]1CCC2C=CC=CC12. The van der Waals surface area contributed by atoms with Crippen molar-refractivity contribution >= 4 is 0 Å². The van der Waals surface area contributed by atoms with Gasteiger partial charge in [-0.25, -0.2) is 0 Å². The van der Waals surface area contributed by atoms with Crippen LogP contribution in [0.1, 0.15) is 26.7 Å². The molecule has 25 heavy (non-hydrogen) atoms. The minimum absolute atomic E-state index is 0.866. The van der Waals surface area contributed by atoms with E-state index < -0.39 is 0 Å². The summed E-state index contributed by atoms with van der Waals surface area (Å²) in [5, 5.41) is 10.5. The Hall–Kier alpha value is -0.446. The summed E-state index contributed by atoms with van der Waals surface area (Å²) < 4.78 is 0.922. The van der Waals surface area contributed by atoms with Crippen LogP contribution in [-0.2, 0) is 20.4 Å². The zero-order chi connectivity index (χ0) is 20.1. The summed E-state index contributed by atoms with van der Waals surface area (Å²) in [6.45, 7) is 7.58. The van der Waals surface area contributed by atoms with Crippen molar-refractivity contribution in [2.75, 3.05) is 42.3 Å². The Morgan fingerprint density at radius 3 is 1.72 bits per heavy atom. The molecular formula is C21H39N3Ti. The number of fused-ring (bicyclic) bond motifs is 1. The van der Waals surface area contributed by atoms with Gasteiger partial charge in [-0.05, 0) is 13.8 Å². The van der Waals surface area contributed by atoms with Crippen LogP contribution in [0.5, 0.6) is 0 Å². The first-order valence-electron chi connectivity index (χ1n) is 8.68. The van der Waals surface area contributed by atoms with E-state index in [9.17, 15) is 0 Å². The van der Waals surface area contributed by atoms with Crippen molar-refractivity contribution in [2.45, 2.75) is 30.9 Å². The van der Waals surface area contributed by atoms with Crippen molar-refractivity contribution in [1.29, 1.82) is 0 Å². The molecule has 0 N–H and O–H groups in total. The van der Waals surface area contributed by atoms with Crippen LogP contribution < -0.4 is 0 Å². The number of hydrogen-bond donors (Lipinski definition) is 0. The van der Waals surface area contributed by atoms with Gasteiger partial charge in [0.2, 0.25) is 0 Å². The topological polar surface area (TPSA) is 42.3 Å². The molecule has 0 aromatic rings. The second kappa shape index (κ2) is 23.6. The predicted molar refractivity (Wildman–Crippen MR) is 113 cm³/mol. The van der Waals surface area contributed by atoms with E-state index in [4.69, 9.17) is 0 Å². The van der Waals surface area contributed by atoms with Crippen molar-refractivity contribution in [3.8, 4) is 0 Å². The number of hydrogen-bond acceptors (Lipinski definition) is 0. The van der Waals surface area contributed by atoms with Gasteiger partial charge in [0.25, 0.3) is 0 Å². The Morgan fingerprint density at radius 2 is 1.40 bits per heavy atom. The van der Waals surface area contributed by atoms with E-state index in [1.807, 2.05) is 26.0 Å². The third kappa shape index (κ3) is 19.7. The zero-order valence-corrected chi connectivity index (χ0v) is 19.2. The maximum atomic E-state index is 3.56. The van der Waals surface area contributed by atoms with Crippen LogP contribution in [0, 0.1) is 11.8 Å².